The van der Waals surface area contributed by atoms with Crippen molar-refractivity contribution in [2.75, 3.05) is 13.7 Å². The molecule has 1 atom stereocenters. The summed E-state index contributed by atoms with van der Waals surface area (Å²) < 4.78 is 5.09. The Bertz CT molecular complexity index is 425. The van der Waals surface area contributed by atoms with E-state index in [4.69, 9.17) is 4.74 Å². The highest BCUT2D eigenvalue weighted by molar-refractivity contribution is 5.78. The molecule has 0 saturated carbocycles. The first-order valence-electron chi connectivity index (χ1n) is 6.26. The normalized spacial score (nSPS) is 16.9. The number of nitrogens with zero attached hydrogens (tertiary/aromatic N) is 1. The van der Waals surface area contributed by atoms with Gasteiger partial charge in [0.1, 0.15) is 0 Å². The van der Waals surface area contributed by atoms with Crippen LogP contribution in [0.15, 0.2) is 36.9 Å². The van der Waals surface area contributed by atoms with Gasteiger partial charge in [-0.2, -0.15) is 0 Å². The van der Waals surface area contributed by atoms with Gasteiger partial charge in [0.05, 0.1) is 12.6 Å². The number of likely N-dealkylation sites (tertiary alicyclic amines) is 1. The van der Waals surface area contributed by atoms with Crippen LogP contribution < -0.4 is 0 Å². The number of carbonyl (C=O) groups excluding carboxylic acids is 1. The largest absolute Gasteiger partial charge is 0.380 e. The van der Waals surface area contributed by atoms with Gasteiger partial charge in [-0.3, -0.25) is 4.79 Å². The van der Waals surface area contributed by atoms with Gasteiger partial charge >= 0.3 is 0 Å². The third-order valence-corrected chi connectivity index (χ3v) is 3.30. The van der Waals surface area contributed by atoms with Crippen molar-refractivity contribution in [1.82, 2.24) is 4.90 Å². The molecule has 0 aromatic heterocycles. The summed E-state index contributed by atoms with van der Waals surface area (Å²) in [4.78, 5) is 13.7. The van der Waals surface area contributed by atoms with Gasteiger partial charge in [-0.1, -0.05) is 30.3 Å². The Morgan fingerprint density at radius 3 is 2.67 bits per heavy atom. The second-order valence-corrected chi connectivity index (χ2v) is 4.55. The van der Waals surface area contributed by atoms with Crippen molar-refractivity contribution >= 4 is 5.91 Å². The van der Waals surface area contributed by atoms with Crippen LogP contribution in [0, 0.1) is 0 Å². The number of benzene rings is 1. The summed E-state index contributed by atoms with van der Waals surface area (Å²) in [6.07, 6.45) is 3.45. The van der Waals surface area contributed by atoms with Crippen LogP contribution in [-0.2, 0) is 16.1 Å². The van der Waals surface area contributed by atoms with Crippen LogP contribution in [0.2, 0.25) is 0 Å². The van der Waals surface area contributed by atoms with E-state index < -0.39 is 0 Å². The molecule has 1 amide bonds. The molecule has 2 rings (SSSR count). The molecule has 1 fully saturated rings. The predicted molar refractivity (Wildman–Crippen MR) is 71.0 cm³/mol. The molecule has 1 unspecified atom stereocenters. The van der Waals surface area contributed by atoms with Crippen molar-refractivity contribution in [3.05, 3.63) is 48.0 Å². The Morgan fingerprint density at radius 2 is 2.17 bits per heavy atom. The summed E-state index contributed by atoms with van der Waals surface area (Å²) in [5.41, 5.74) is 2.25. The number of hydrogen-bond donors (Lipinski definition) is 0. The van der Waals surface area contributed by atoms with E-state index in [-0.39, 0.29) is 11.9 Å². The zero-order chi connectivity index (χ0) is 13.0. The van der Waals surface area contributed by atoms with E-state index in [2.05, 4.69) is 6.58 Å². The number of carbonyl (C=O) groups is 1. The molecule has 0 radical (unpaired) electrons. The number of methoxy groups -OCH3 is 1. The molecule has 1 aromatic carbocycles. The maximum atomic E-state index is 11.8. The highest BCUT2D eigenvalue weighted by Crippen LogP contribution is 2.27. The van der Waals surface area contributed by atoms with Gasteiger partial charge < -0.3 is 9.64 Å². The standard InChI is InChI=1S/C15H19NO2/c1-3-14(16-10-4-5-15(16)17)13-8-6-12(7-9-13)11-18-2/h3,6-9,14H,1,4-5,10-11H2,2H3. The minimum atomic E-state index is -0.00315. The van der Waals surface area contributed by atoms with Gasteiger partial charge in [0.15, 0.2) is 0 Å². The van der Waals surface area contributed by atoms with Crippen molar-refractivity contribution < 1.29 is 9.53 Å². The molecule has 1 aromatic rings. The Kier molecular flexibility index (Phi) is 4.15. The molecule has 1 heterocycles. The second-order valence-electron chi connectivity index (χ2n) is 4.55. The quantitative estimate of drug-likeness (QED) is 0.746. The van der Waals surface area contributed by atoms with Crippen molar-refractivity contribution in [2.45, 2.75) is 25.5 Å². The van der Waals surface area contributed by atoms with E-state index in [1.165, 1.54) is 0 Å². The minimum Gasteiger partial charge on any atom is -0.380 e. The van der Waals surface area contributed by atoms with Crippen LogP contribution in [0.3, 0.4) is 0 Å². The van der Waals surface area contributed by atoms with Gasteiger partial charge in [0, 0.05) is 20.1 Å². The molecule has 3 nitrogen and oxygen atoms in total. The van der Waals surface area contributed by atoms with Crippen LogP contribution >= 0.6 is 0 Å². The first kappa shape index (κ1) is 12.8. The SMILES string of the molecule is C=CC(c1ccc(COC)cc1)N1CCCC1=O. The molecule has 0 N–H and O–H groups in total. The summed E-state index contributed by atoms with van der Waals surface area (Å²) in [5.74, 6) is 0.223. The first-order valence-corrected chi connectivity index (χ1v) is 6.26. The fourth-order valence-electron chi connectivity index (χ4n) is 2.38. The second kappa shape index (κ2) is 5.83. The third-order valence-electron chi connectivity index (χ3n) is 3.30. The number of amides is 1. The van der Waals surface area contributed by atoms with E-state index in [1.807, 2.05) is 35.2 Å². The summed E-state index contributed by atoms with van der Waals surface area (Å²) in [7, 11) is 1.68. The van der Waals surface area contributed by atoms with Gasteiger partial charge in [-0.15, -0.1) is 6.58 Å². The summed E-state index contributed by atoms with van der Waals surface area (Å²) >= 11 is 0. The van der Waals surface area contributed by atoms with Gasteiger partial charge in [-0.05, 0) is 17.5 Å². The topological polar surface area (TPSA) is 29.5 Å². The molecule has 1 saturated heterocycles. The van der Waals surface area contributed by atoms with Crippen LogP contribution in [0.25, 0.3) is 0 Å². The maximum Gasteiger partial charge on any atom is 0.223 e. The van der Waals surface area contributed by atoms with Crippen molar-refractivity contribution in [1.29, 1.82) is 0 Å². The molecule has 0 aliphatic carbocycles. The Hall–Kier alpha value is -1.61. The lowest BCUT2D eigenvalue weighted by Crippen LogP contribution is -2.28. The molecule has 3 heteroatoms. The highest BCUT2D eigenvalue weighted by Gasteiger charge is 2.26. The average molecular weight is 245 g/mol. The molecule has 18 heavy (non-hydrogen) atoms. The molecule has 1 aliphatic heterocycles. The molecular formula is C15H19NO2. The lowest BCUT2D eigenvalue weighted by molar-refractivity contribution is -0.129. The first-order chi connectivity index (χ1) is 8.76. The Morgan fingerprint density at radius 1 is 1.44 bits per heavy atom. The minimum absolute atomic E-state index is 0.00315. The molecule has 0 bridgehead atoms. The third kappa shape index (κ3) is 2.62. The zero-order valence-corrected chi connectivity index (χ0v) is 10.8. The van der Waals surface area contributed by atoms with Crippen LogP contribution in [-0.4, -0.2) is 24.5 Å². The molecule has 1 aliphatic rings. The Balaban J connectivity index is 2.16. The van der Waals surface area contributed by atoms with E-state index >= 15 is 0 Å². The van der Waals surface area contributed by atoms with Gasteiger partial charge in [-0.25, -0.2) is 0 Å². The van der Waals surface area contributed by atoms with E-state index in [1.54, 1.807) is 7.11 Å². The molecular weight excluding hydrogens is 226 g/mol. The number of rotatable bonds is 5. The monoisotopic (exact) mass is 245 g/mol. The summed E-state index contributed by atoms with van der Waals surface area (Å²) in [6.45, 7) is 5.30. The number of ether oxygens (including phenoxy) is 1. The summed E-state index contributed by atoms with van der Waals surface area (Å²) in [6, 6.07) is 8.17. The Labute approximate surface area is 108 Å². The van der Waals surface area contributed by atoms with E-state index in [0.717, 1.165) is 24.1 Å². The van der Waals surface area contributed by atoms with Gasteiger partial charge in [0.25, 0.3) is 0 Å². The highest BCUT2D eigenvalue weighted by atomic mass is 16.5. The summed E-state index contributed by atoms with van der Waals surface area (Å²) in [5, 5.41) is 0. The maximum absolute atomic E-state index is 11.8. The van der Waals surface area contributed by atoms with E-state index in [0.29, 0.717) is 13.0 Å². The van der Waals surface area contributed by atoms with Gasteiger partial charge in [0.2, 0.25) is 5.91 Å². The fourth-order valence-corrected chi connectivity index (χ4v) is 2.38. The zero-order valence-electron chi connectivity index (χ0n) is 10.8. The van der Waals surface area contributed by atoms with E-state index in [9.17, 15) is 4.79 Å². The van der Waals surface area contributed by atoms with Crippen molar-refractivity contribution in [3.8, 4) is 0 Å². The van der Waals surface area contributed by atoms with Crippen molar-refractivity contribution in [3.63, 3.8) is 0 Å². The molecule has 0 spiro atoms. The van der Waals surface area contributed by atoms with Crippen molar-refractivity contribution in [2.24, 2.45) is 0 Å². The molecule has 96 valence electrons. The average Bonchev–Trinajstić information content (AvgIpc) is 2.79. The van der Waals surface area contributed by atoms with Crippen LogP contribution in [0.4, 0.5) is 0 Å². The van der Waals surface area contributed by atoms with Crippen LogP contribution in [0.1, 0.15) is 30.0 Å². The lowest BCUT2D eigenvalue weighted by atomic mass is 10.0. The number of hydrogen-bond acceptors (Lipinski definition) is 2. The fraction of sp³-hybridized carbons (Fsp3) is 0.400. The predicted octanol–water partition coefficient (Wildman–Crippen LogP) is 2.68. The lowest BCUT2D eigenvalue weighted by Gasteiger charge is -2.25. The smallest absolute Gasteiger partial charge is 0.223 e. The van der Waals surface area contributed by atoms with Crippen LogP contribution in [0.5, 0.6) is 0 Å².